The second-order valence-corrected chi connectivity index (χ2v) is 13.0. The van der Waals surface area contributed by atoms with Gasteiger partial charge in [0, 0.05) is 58.7 Å². The van der Waals surface area contributed by atoms with Gasteiger partial charge < -0.3 is 30.8 Å². The van der Waals surface area contributed by atoms with Gasteiger partial charge >= 0.3 is 11.9 Å². The highest BCUT2D eigenvalue weighted by atomic mass is 16.4. The number of carbonyl (C=O) groups excluding carboxylic acids is 3. The van der Waals surface area contributed by atoms with Gasteiger partial charge in [-0.2, -0.15) is 0 Å². The van der Waals surface area contributed by atoms with Gasteiger partial charge in [-0.25, -0.2) is 0 Å². The van der Waals surface area contributed by atoms with Crippen LogP contribution >= 0.6 is 0 Å². The molecule has 11 nitrogen and oxygen atoms in total. The molecule has 244 valence electrons. The number of aromatic nitrogens is 2. The quantitative estimate of drug-likeness (QED) is 0.191. The third kappa shape index (κ3) is 5.21. The molecule has 0 saturated heterocycles. The van der Waals surface area contributed by atoms with E-state index in [1.807, 2.05) is 27.7 Å². The summed E-state index contributed by atoms with van der Waals surface area (Å²) < 4.78 is 0. The molecule has 2 unspecified atom stereocenters. The number of amides is 2. The van der Waals surface area contributed by atoms with Gasteiger partial charge in [0.15, 0.2) is 5.78 Å². The number of carboxylic acid groups (broad SMARTS) is 2. The second-order valence-electron chi connectivity index (χ2n) is 13.0. The Hall–Kier alpha value is -4.67. The third-order valence-electron chi connectivity index (χ3n) is 10.2. The minimum atomic E-state index is -1.41. The standard InChI is InChI=1S/C35H42N4O7/c1-8-10-21-17(5)32(43)39-35(21,7)14-24-18(6)26-30(37-24)27(28(31(26)42)34(45)46)29-20(11-12-25(40)41)16(4)22(36-29)13-23-15(3)19(9-2)33(44)38-23/h9,23,27-28,36-37H,2,8,10-14H2,1,3-7H3,(H,38,44)(H,39,43)(H,40,41)(H,45,46)/t23?,27-,28+,35?/m1/s1. The normalized spacial score (nSPS) is 24.1. The topological polar surface area (TPSA) is 181 Å². The summed E-state index contributed by atoms with van der Waals surface area (Å²) in [5.41, 5.74) is 7.19. The number of ketones is 1. The van der Waals surface area contributed by atoms with Gasteiger partial charge in [-0.1, -0.05) is 26.0 Å². The first-order chi connectivity index (χ1) is 21.6. The van der Waals surface area contributed by atoms with E-state index in [2.05, 4.69) is 34.1 Å². The number of carboxylic acids is 2. The fourth-order valence-corrected chi connectivity index (χ4v) is 7.74. The van der Waals surface area contributed by atoms with E-state index in [0.717, 1.165) is 40.9 Å². The van der Waals surface area contributed by atoms with Crippen LogP contribution in [0.1, 0.15) is 103 Å². The molecule has 6 N–H and O–H groups in total. The van der Waals surface area contributed by atoms with Gasteiger partial charge in [0.1, 0.15) is 5.92 Å². The molecule has 0 bridgehead atoms. The maximum absolute atomic E-state index is 13.9. The smallest absolute Gasteiger partial charge is 0.315 e. The largest absolute Gasteiger partial charge is 0.481 e. The molecule has 46 heavy (non-hydrogen) atoms. The summed E-state index contributed by atoms with van der Waals surface area (Å²) in [7, 11) is 0. The fourth-order valence-electron chi connectivity index (χ4n) is 7.74. The Morgan fingerprint density at radius 2 is 1.63 bits per heavy atom. The summed E-state index contributed by atoms with van der Waals surface area (Å²) in [5, 5.41) is 26.0. The Balaban J connectivity index is 1.61. The van der Waals surface area contributed by atoms with Crippen molar-refractivity contribution in [1.82, 2.24) is 20.6 Å². The molecule has 3 aliphatic rings. The number of hydrogen-bond acceptors (Lipinski definition) is 5. The first kappa shape index (κ1) is 32.7. The molecule has 2 aromatic rings. The van der Waals surface area contributed by atoms with Crippen LogP contribution in [0.4, 0.5) is 0 Å². The van der Waals surface area contributed by atoms with Crippen LogP contribution in [0.2, 0.25) is 0 Å². The number of Topliss-reactive ketones (excluding diaryl/α,β-unsaturated/α-hetero) is 1. The van der Waals surface area contributed by atoms with Crippen LogP contribution in [0.5, 0.6) is 0 Å². The van der Waals surface area contributed by atoms with Crippen molar-refractivity contribution >= 4 is 29.5 Å². The van der Waals surface area contributed by atoms with E-state index in [9.17, 15) is 34.2 Å². The highest BCUT2D eigenvalue weighted by molar-refractivity contribution is 6.14. The maximum atomic E-state index is 13.9. The lowest BCUT2D eigenvalue weighted by atomic mass is 9.84. The van der Waals surface area contributed by atoms with Crippen molar-refractivity contribution in [2.45, 2.75) is 97.6 Å². The molecular formula is C35H42N4O7. The fraction of sp³-hybridized carbons (Fsp3) is 0.457. The van der Waals surface area contributed by atoms with Crippen LogP contribution in [-0.4, -0.2) is 61.3 Å². The van der Waals surface area contributed by atoms with Crippen molar-refractivity contribution in [2.75, 3.05) is 0 Å². The number of nitrogens with one attached hydrogen (secondary N) is 4. The summed E-state index contributed by atoms with van der Waals surface area (Å²) >= 11 is 0. The van der Waals surface area contributed by atoms with Crippen LogP contribution in [0.15, 0.2) is 34.9 Å². The Bertz CT molecular complexity index is 1770. The molecule has 2 aromatic heterocycles. The molecule has 5 rings (SSSR count). The third-order valence-corrected chi connectivity index (χ3v) is 10.2. The molecule has 4 atom stereocenters. The number of H-pyrrole nitrogens is 2. The average molecular weight is 631 g/mol. The lowest BCUT2D eigenvalue weighted by Crippen LogP contribution is -2.44. The minimum absolute atomic E-state index is 0.121. The van der Waals surface area contributed by atoms with Crippen molar-refractivity contribution in [2.24, 2.45) is 5.92 Å². The van der Waals surface area contributed by atoms with Gasteiger partial charge in [-0.05, 0) is 75.3 Å². The van der Waals surface area contributed by atoms with Crippen molar-refractivity contribution in [3.8, 4) is 0 Å². The molecular weight excluding hydrogens is 588 g/mol. The molecule has 2 aliphatic heterocycles. The Kier molecular flexibility index (Phi) is 8.48. The number of carbonyl (C=O) groups is 5. The first-order valence-corrected chi connectivity index (χ1v) is 15.7. The number of fused-ring (bicyclic) bond motifs is 1. The van der Waals surface area contributed by atoms with E-state index in [4.69, 9.17) is 0 Å². The van der Waals surface area contributed by atoms with Crippen LogP contribution in [0.3, 0.4) is 0 Å². The first-order valence-electron chi connectivity index (χ1n) is 15.7. The summed E-state index contributed by atoms with van der Waals surface area (Å²) in [5.74, 6) is -5.45. The average Bonchev–Trinajstić information content (AvgIpc) is 3.69. The summed E-state index contributed by atoms with van der Waals surface area (Å²) in [6.07, 6.45) is 3.82. The van der Waals surface area contributed by atoms with E-state index in [1.54, 1.807) is 6.92 Å². The highest BCUT2D eigenvalue weighted by Crippen LogP contribution is 2.47. The minimum Gasteiger partial charge on any atom is -0.481 e. The zero-order valence-electron chi connectivity index (χ0n) is 27.2. The molecule has 1 aliphatic carbocycles. The molecule has 0 fully saturated rings. The molecule has 0 saturated carbocycles. The van der Waals surface area contributed by atoms with Crippen LogP contribution < -0.4 is 10.6 Å². The van der Waals surface area contributed by atoms with Gasteiger partial charge in [-0.3, -0.25) is 24.0 Å². The van der Waals surface area contributed by atoms with E-state index in [1.165, 1.54) is 6.08 Å². The zero-order chi connectivity index (χ0) is 33.8. The molecule has 0 aromatic carbocycles. The lowest BCUT2D eigenvalue weighted by molar-refractivity contribution is -0.140. The van der Waals surface area contributed by atoms with Crippen molar-refractivity contribution in [1.29, 1.82) is 0 Å². The van der Waals surface area contributed by atoms with Gasteiger partial charge in [-0.15, -0.1) is 0 Å². The molecule has 0 spiro atoms. The lowest BCUT2D eigenvalue weighted by Gasteiger charge is -2.29. The molecule has 11 heteroatoms. The number of hydrogen-bond donors (Lipinski definition) is 6. The molecule has 0 radical (unpaired) electrons. The number of rotatable bonds is 12. The summed E-state index contributed by atoms with van der Waals surface area (Å²) in [6, 6.07) is -0.329. The maximum Gasteiger partial charge on any atom is 0.315 e. The van der Waals surface area contributed by atoms with Crippen LogP contribution in [0, 0.1) is 19.8 Å². The zero-order valence-corrected chi connectivity index (χ0v) is 27.2. The number of aliphatic carboxylic acids is 2. The predicted molar refractivity (Wildman–Crippen MR) is 171 cm³/mol. The van der Waals surface area contributed by atoms with Crippen LogP contribution in [-0.2, 0) is 38.4 Å². The van der Waals surface area contributed by atoms with Crippen molar-refractivity contribution in [3.63, 3.8) is 0 Å². The van der Waals surface area contributed by atoms with Crippen molar-refractivity contribution < 1.29 is 34.2 Å². The number of aromatic amines is 2. The van der Waals surface area contributed by atoms with Crippen molar-refractivity contribution in [3.05, 3.63) is 80.0 Å². The Labute approximate surface area is 267 Å². The molecule has 4 heterocycles. The van der Waals surface area contributed by atoms with Gasteiger partial charge in [0.2, 0.25) is 5.91 Å². The second kappa shape index (κ2) is 11.9. The van der Waals surface area contributed by atoms with E-state index in [0.29, 0.717) is 52.1 Å². The van der Waals surface area contributed by atoms with E-state index in [-0.39, 0.29) is 30.7 Å². The SMILES string of the molecule is C=CC1=C(C)C(Cc2[nH]c([C@@H]3c4[nH]c(CC5(C)NC(=O)C(C)=C5CCC)c(C)c4C(=O)[C@H]3C(=O)O)c(CCC(=O)O)c2C)NC1=O. The van der Waals surface area contributed by atoms with E-state index >= 15 is 0 Å². The predicted octanol–water partition coefficient (Wildman–Crippen LogP) is 4.10. The highest BCUT2D eigenvalue weighted by Gasteiger charge is 2.50. The molecule has 2 amide bonds. The Morgan fingerprint density at radius 1 is 0.957 bits per heavy atom. The van der Waals surface area contributed by atoms with E-state index < -0.39 is 35.1 Å². The Morgan fingerprint density at radius 3 is 2.22 bits per heavy atom. The summed E-state index contributed by atoms with van der Waals surface area (Å²) in [6.45, 7) is 15.1. The monoisotopic (exact) mass is 630 g/mol. The van der Waals surface area contributed by atoms with Crippen LogP contribution in [0.25, 0.3) is 0 Å². The van der Waals surface area contributed by atoms with Gasteiger partial charge in [0.05, 0.1) is 17.5 Å². The van der Waals surface area contributed by atoms with Gasteiger partial charge in [0.25, 0.3) is 5.91 Å². The summed E-state index contributed by atoms with van der Waals surface area (Å²) in [4.78, 5) is 70.3.